The first kappa shape index (κ1) is 13.2. The van der Waals surface area contributed by atoms with E-state index in [9.17, 15) is 10.0 Å². The molecular formula is C19H10N2O2. The van der Waals surface area contributed by atoms with Crippen molar-refractivity contribution < 1.29 is 9.53 Å². The lowest BCUT2D eigenvalue weighted by Crippen LogP contribution is -2.16. The van der Waals surface area contributed by atoms with Gasteiger partial charge in [-0.3, -0.25) is 4.79 Å². The lowest BCUT2D eigenvalue weighted by Gasteiger charge is -2.05. The van der Waals surface area contributed by atoms with Crippen molar-refractivity contribution in [3.05, 3.63) is 82.6 Å². The molecule has 0 saturated heterocycles. The highest BCUT2D eigenvalue weighted by atomic mass is 16.5. The lowest BCUT2D eigenvalue weighted by molar-refractivity contribution is -0.355. The average molecular weight is 298 g/mol. The van der Waals surface area contributed by atoms with Crippen LogP contribution in [-0.4, -0.2) is 16.2 Å². The van der Waals surface area contributed by atoms with Crippen LogP contribution in [0.3, 0.4) is 0 Å². The Kier molecular flexibility index (Phi) is 2.75. The fourth-order valence-electron chi connectivity index (χ4n) is 2.97. The van der Waals surface area contributed by atoms with Gasteiger partial charge in [0.1, 0.15) is 5.56 Å². The minimum absolute atomic E-state index is 0.104. The summed E-state index contributed by atoms with van der Waals surface area (Å²) in [5.74, 6) is -0.309. The summed E-state index contributed by atoms with van der Waals surface area (Å²) in [7, 11) is 0. The monoisotopic (exact) mass is 298 g/mol. The van der Waals surface area contributed by atoms with Crippen LogP contribution in [0.25, 0.3) is 10.8 Å². The van der Waals surface area contributed by atoms with Gasteiger partial charge in [0.05, 0.1) is 17.2 Å². The molecule has 4 nitrogen and oxygen atoms in total. The smallest absolute Gasteiger partial charge is 0.273 e. The van der Waals surface area contributed by atoms with Crippen LogP contribution in [0.15, 0.2) is 60.7 Å². The highest BCUT2D eigenvalue weighted by Crippen LogP contribution is 2.31. The number of hydrogen-bond donors (Lipinski definition) is 0. The zero-order valence-electron chi connectivity index (χ0n) is 12.0. The van der Waals surface area contributed by atoms with Crippen LogP contribution >= 0.6 is 0 Å². The molecule has 0 fully saturated rings. The van der Waals surface area contributed by atoms with Gasteiger partial charge >= 0.3 is 0 Å². The fraction of sp³-hybridized carbons (Fsp3) is 0. The predicted molar refractivity (Wildman–Crippen MR) is 86.8 cm³/mol. The fourth-order valence-corrected chi connectivity index (χ4v) is 2.97. The summed E-state index contributed by atoms with van der Waals surface area (Å²) in [6.45, 7) is 0. The van der Waals surface area contributed by atoms with Gasteiger partial charge in [-0.05, 0) is 29.0 Å². The van der Waals surface area contributed by atoms with Gasteiger partial charge in [0.25, 0.3) is 11.5 Å². The molecule has 4 rings (SSSR count). The Hall–Kier alpha value is -3.45. The number of fused-ring (bicyclic) bond motifs is 2. The number of carbonyl (C=O) groups is 1. The van der Waals surface area contributed by atoms with E-state index < -0.39 is 0 Å². The molecule has 0 aromatic heterocycles. The van der Waals surface area contributed by atoms with Crippen LogP contribution in [0.5, 0.6) is 0 Å². The second-order valence-electron chi connectivity index (χ2n) is 5.34. The Balaban J connectivity index is 2.01. The topological polar surface area (TPSA) is 66.9 Å². The normalized spacial score (nSPS) is 13.3. The molecule has 3 aromatic carbocycles. The maximum atomic E-state index is 12.7. The second kappa shape index (κ2) is 4.79. The van der Waals surface area contributed by atoms with E-state index in [0.29, 0.717) is 21.4 Å². The van der Waals surface area contributed by atoms with Crippen LogP contribution in [0.1, 0.15) is 21.5 Å². The van der Waals surface area contributed by atoms with Gasteiger partial charge in [-0.25, -0.2) is 0 Å². The highest BCUT2D eigenvalue weighted by molar-refractivity contribution is 6.53. The molecule has 0 spiro atoms. The molecule has 0 amide bonds. The number of carbonyl (C=O) groups excluding carboxylic acids is 1. The molecule has 0 unspecified atom stereocenters. The molecule has 3 aromatic rings. The summed E-state index contributed by atoms with van der Waals surface area (Å²) in [4.78, 5) is 12.7. The van der Waals surface area contributed by atoms with E-state index in [1.54, 1.807) is 18.2 Å². The summed E-state index contributed by atoms with van der Waals surface area (Å²) in [6, 6.07) is 19.7. The van der Waals surface area contributed by atoms with Crippen molar-refractivity contribution in [3.63, 3.8) is 0 Å². The number of rotatable bonds is 1. The van der Waals surface area contributed by atoms with Crippen molar-refractivity contribution >= 4 is 28.0 Å². The molecule has 0 radical (unpaired) electrons. The Labute approximate surface area is 132 Å². The minimum atomic E-state index is -0.309. The summed E-state index contributed by atoms with van der Waals surface area (Å²) >= 11 is 0. The first-order chi connectivity index (χ1) is 11.2. The Morgan fingerprint density at radius 1 is 0.957 bits per heavy atom. The van der Waals surface area contributed by atoms with Crippen molar-refractivity contribution in [2.75, 3.05) is 0 Å². The number of Topliss-reactive ketones (excluding diaryl/α,β-unsaturated/α-hetero) is 1. The molecule has 23 heavy (non-hydrogen) atoms. The number of nitrogens with zero attached hydrogens (tertiary/aromatic N) is 2. The standard InChI is InChI=1S/C19H10N2O2/c20-11-12-8-9-16-17(10-12)21(23)18(19(16)22)15-7-3-5-13-4-1-2-6-14(13)15/h1-10H. The van der Waals surface area contributed by atoms with E-state index in [-0.39, 0.29) is 17.2 Å². The molecule has 4 heteroatoms. The molecule has 0 saturated carbocycles. The van der Waals surface area contributed by atoms with E-state index in [0.717, 1.165) is 10.8 Å². The Morgan fingerprint density at radius 3 is 2.57 bits per heavy atom. The van der Waals surface area contributed by atoms with E-state index >= 15 is 0 Å². The van der Waals surface area contributed by atoms with Crippen molar-refractivity contribution in [2.45, 2.75) is 0 Å². The van der Waals surface area contributed by atoms with Gasteiger partial charge in [0.2, 0.25) is 5.69 Å². The average Bonchev–Trinajstić information content (AvgIpc) is 2.85. The molecule has 1 aliphatic heterocycles. The van der Waals surface area contributed by atoms with Crippen molar-refractivity contribution in [1.29, 1.82) is 5.26 Å². The maximum absolute atomic E-state index is 12.7. The first-order valence-corrected chi connectivity index (χ1v) is 7.12. The van der Waals surface area contributed by atoms with E-state index in [2.05, 4.69) is 0 Å². The van der Waals surface area contributed by atoms with E-state index in [1.165, 1.54) is 6.07 Å². The quantitative estimate of drug-likeness (QED) is 0.510. The van der Waals surface area contributed by atoms with Gasteiger partial charge in [0.15, 0.2) is 0 Å². The second-order valence-corrected chi connectivity index (χ2v) is 5.34. The molecule has 1 heterocycles. The van der Waals surface area contributed by atoms with E-state index in [4.69, 9.17) is 5.26 Å². The van der Waals surface area contributed by atoms with Crippen molar-refractivity contribution in [2.24, 2.45) is 0 Å². The van der Waals surface area contributed by atoms with Gasteiger partial charge in [-0.1, -0.05) is 36.4 Å². The van der Waals surface area contributed by atoms with Crippen molar-refractivity contribution in [3.8, 4) is 6.07 Å². The van der Waals surface area contributed by atoms with Crippen LogP contribution in [0.4, 0.5) is 5.69 Å². The molecule has 1 aliphatic rings. The summed E-state index contributed by atoms with van der Waals surface area (Å²) in [6.07, 6.45) is 0. The third-order valence-corrected chi connectivity index (χ3v) is 4.05. The third kappa shape index (κ3) is 1.84. The Bertz CT molecular complexity index is 1050. The molecule has 0 N–H and O–H groups in total. The largest absolute Gasteiger partial charge is 0.618 e. The number of ketones is 1. The zero-order chi connectivity index (χ0) is 16.0. The van der Waals surface area contributed by atoms with Gasteiger partial charge in [-0.2, -0.15) is 10.0 Å². The summed E-state index contributed by atoms with van der Waals surface area (Å²) in [5, 5.41) is 23.5. The number of hydrogen-bond acceptors (Lipinski definition) is 3. The molecular weight excluding hydrogens is 288 g/mol. The van der Waals surface area contributed by atoms with Gasteiger partial charge in [0, 0.05) is 6.07 Å². The third-order valence-electron chi connectivity index (χ3n) is 4.05. The first-order valence-electron chi connectivity index (χ1n) is 7.12. The van der Waals surface area contributed by atoms with Crippen LogP contribution in [0.2, 0.25) is 0 Å². The predicted octanol–water partition coefficient (Wildman–Crippen LogP) is 3.54. The molecule has 0 aliphatic carbocycles. The summed E-state index contributed by atoms with van der Waals surface area (Å²) < 4.78 is 0.639. The molecule has 0 atom stereocenters. The lowest BCUT2D eigenvalue weighted by atomic mass is 9.97. The zero-order valence-corrected chi connectivity index (χ0v) is 12.0. The van der Waals surface area contributed by atoms with Crippen LogP contribution < -0.4 is 0 Å². The maximum Gasteiger partial charge on any atom is 0.273 e. The Morgan fingerprint density at radius 2 is 1.74 bits per heavy atom. The van der Waals surface area contributed by atoms with Crippen LogP contribution in [-0.2, 0) is 0 Å². The SMILES string of the molecule is N#Cc1ccc2c(c1)[N+]([O-])=C(c1cccc3ccccc13)C2=O. The molecule has 108 valence electrons. The number of benzene rings is 3. The van der Waals surface area contributed by atoms with E-state index in [1.807, 2.05) is 42.5 Å². The van der Waals surface area contributed by atoms with Crippen LogP contribution in [0, 0.1) is 16.5 Å². The summed E-state index contributed by atoms with van der Waals surface area (Å²) in [5.41, 5.74) is 1.64. The van der Waals surface area contributed by atoms with Crippen molar-refractivity contribution in [1.82, 2.24) is 0 Å². The van der Waals surface area contributed by atoms with Gasteiger partial charge < -0.3 is 5.21 Å². The highest BCUT2D eigenvalue weighted by Gasteiger charge is 2.37. The molecule has 0 bridgehead atoms. The minimum Gasteiger partial charge on any atom is -0.618 e. The van der Waals surface area contributed by atoms with Gasteiger partial charge in [-0.15, -0.1) is 0 Å². The number of nitriles is 1.